The Morgan fingerprint density at radius 2 is 1.85 bits per heavy atom. The largest absolute Gasteiger partial charge is 0.326 e. The van der Waals surface area contributed by atoms with Crippen molar-refractivity contribution in [3.05, 3.63) is 42.2 Å². The first kappa shape index (κ1) is 19.9. The van der Waals surface area contributed by atoms with Gasteiger partial charge in [-0.2, -0.15) is 5.10 Å². The van der Waals surface area contributed by atoms with E-state index in [9.17, 15) is 9.59 Å². The lowest BCUT2D eigenvalue weighted by Crippen LogP contribution is -2.28. The number of amides is 2. The van der Waals surface area contributed by atoms with Crippen LogP contribution >= 0.6 is 12.4 Å². The van der Waals surface area contributed by atoms with Gasteiger partial charge in [0.05, 0.1) is 12.1 Å². The molecule has 1 aromatic carbocycles. The molecule has 0 unspecified atom stereocenters. The van der Waals surface area contributed by atoms with Crippen molar-refractivity contribution in [3.8, 4) is 0 Å². The first-order chi connectivity index (χ1) is 12.1. The van der Waals surface area contributed by atoms with Crippen molar-refractivity contribution in [1.29, 1.82) is 0 Å². The zero-order valence-electron chi connectivity index (χ0n) is 14.9. The van der Waals surface area contributed by atoms with Crippen LogP contribution in [-0.2, 0) is 16.6 Å². The Morgan fingerprint density at radius 3 is 2.42 bits per heavy atom. The van der Waals surface area contributed by atoms with E-state index in [0.717, 1.165) is 23.5 Å². The van der Waals surface area contributed by atoms with Crippen LogP contribution < -0.4 is 16.0 Å². The summed E-state index contributed by atoms with van der Waals surface area (Å²) in [5, 5.41) is 13.2. The number of rotatable bonds is 5. The van der Waals surface area contributed by atoms with E-state index in [4.69, 9.17) is 0 Å². The number of carbonyl (C=O) groups excluding carboxylic acids is 2. The molecule has 1 aromatic heterocycles. The minimum Gasteiger partial charge on any atom is -0.326 e. The third-order valence-corrected chi connectivity index (χ3v) is 4.46. The molecule has 0 saturated carbocycles. The molecule has 140 valence electrons. The van der Waals surface area contributed by atoms with E-state index in [-0.39, 0.29) is 36.1 Å². The number of hydrogen-bond donors (Lipinski definition) is 3. The number of benzene rings is 1. The number of carbonyl (C=O) groups is 2. The van der Waals surface area contributed by atoms with Crippen LogP contribution in [0.3, 0.4) is 0 Å². The van der Waals surface area contributed by atoms with Crippen LogP contribution in [0.25, 0.3) is 0 Å². The lowest BCUT2D eigenvalue weighted by molar-refractivity contribution is -0.119. The standard InChI is InChI=1S/C18H23N5O2.ClH/c1-3-17(24)21-13-4-6-14(7-5-13)22-18(25)16-10-19-9-15(16)12-8-20-23(2)11-12;/h4-8,11,15-16,19H,3,9-10H2,1-2H3,(H,21,24)(H,22,25);1H/t15-,16+;/m1./s1. The van der Waals surface area contributed by atoms with Gasteiger partial charge in [0.1, 0.15) is 0 Å². The van der Waals surface area contributed by atoms with Gasteiger partial charge in [-0.05, 0) is 29.8 Å². The molecule has 2 heterocycles. The van der Waals surface area contributed by atoms with Gasteiger partial charge in [0.25, 0.3) is 0 Å². The second-order valence-corrected chi connectivity index (χ2v) is 6.29. The number of nitrogens with zero attached hydrogens (tertiary/aromatic N) is 2. The maximum atomic E-state index is 12.7. The highest BCUT2D eigenvalue weighted by Crippen LogP contribution is 2.29. The molecular formula is C18H24ClN5O2. The molecule has 7 nitrogen and oxygen atoms in total. The van der Waals surface area contributed by atoms with Crippen molar-refractivity contribution in [1.82, 2.24) is 15.1 Å². The normalized spacial score (nSPS) is 18.8. The first-order valence-electron chi connectivity index (χ1n) is 8.47. The molecule has 3 N–H and O–H groups in total. The summed E-state index contributed by atoms with van der Waals surface area (Å²) in [5.74, 6) is -0.0576. The van der Waals surface area contributed by atoms with Gasteiger partial charge in [0, 0.05) is 50.0 Å². The summed E-state index contributed by atoms with van der Waals surface area (Å²) >= 11 is 0. The third kappa shape index (κ3) is 4.62. The average molecular weight is 378 g/mol. The quantitative estimate of drug-likeness (QED) is 0.744. The lowest BCUT2D eigenvalue weighted by atomic mass is 9.90. The SMILES string of the molecule is CCC(=O)Nc1ccc(NC(=O)[C@H]2CNC[C@@H]2c2cnn(C)c2)cc1.Cl. The predicted molar refractivity (Wildman–Crippen MR) is 104 cm³/mol. The Morgan fingerprint density at radius 1 is 1.19 bits per heavy atom. The molecule has 0 radical (unpaired) electrons. The highest BCUT2D eigenvalue weighted by Gasteiger charge is 2.34. The summed E-state index contributed by atoms with van der Waals surface area (Å²) in [6.45, 7) is 3.22. The van der Waals surface area contributed by atoms with Crippen LogP contribution in [0.4, 0.5) is 11.4 Å². The molecule has 1 aliphatic heterocycles. The van der Waals surface area contributed by atoms with Crippen LogP contribution in [0.2, 0.25) is 0 Å². The highest BCUT2D eigenvalue weighted by molar-refractivity contribution is 5.94. The number of nitrogens with one attached hydrogen (secondary N) is 3. The van der Waals surface area contributed by atoms with Gasteiger partial charge in [0.2, 0.25) is 11.8 Å². The van der Waals surface area contributed by atoms with Gasteiger partial charge >= 0.3 is 0 Å². The zero-order chi connectivity index (χ0) is 17.8. The smallest absolute Gasteiger partial charge is 0.229 e. The summed E-state index contributed by atoms with van der Waals surface area (Å²) in [4.78, 5) is 24.1. The summed E-state index contributed by atoms with van der Waals surface area (Å²) < 4.78 is 1.76. The molecule has 1 aliphatic rings. The molecule has 1 saturated heterocycles. The Kier molecular flexibility index (Phi) is 6.76. The Hall–Kier alpha value is -2.38. The topological polar surface area (TPSA) is 88.1 Å². The van der Waals surface area contributed by atoms with Gasteiger partial charge in [-0.15, -0.1) is 12.4 Å². The summed E-state index contributed by atoms with van der Waals surface area (Å²) in [6.07, 6.45) is 4.22. The maximum absolute atomic E-state index is 12.7. The minimum atomic E-state index is -0.135. The van der Waals surface area contributed by atoms with Crippen LogP contribution in [0.5, 0.6) is 0 Å². The zero-order valence-corrected chi connectivity index (χ0v) is 15.7. The average Bonchev–Trinajstić information content (AvgIpc) is 3.25. The highest BCUT2D eigenvalue weighted by atomic mass is 35.5. The lowest BCUT2D eigenvalue weighted by Gasteiger charge is -2.17. The molecule has 8 heteroatoms. The molecule has 26 heavy (non-hydrogen) atoms. The first-order valence-corrected chi connectivity index (χ1v) is 8.47. The molecule has 2 atom stereocenters. The fourth-order valence-electron chi connectivity index (χ4n) is 3.06. The predicted octanol–water partition coefficient (Wildman–Crippen LogP) is 2.13. The maximum Gasteiger partial charge on any atom is 0.229 e. The van der Waals surface area contributed by atoms with Gasteiger partial charge in [-0.25, -0.2) is 0 Å². The van der Waals surface area contributed by atoms with Crippen molar-refractivity contribution in [2.75, 3.05) is 23.7 Å². The van der Waals surface area contributed by atoms with Crippen molar-refractivity contribution >= 4 is 35.6 Å². The molecule has 0 aliphatic carbocycles. The van der Waals surface area contributed by atoms with E-state index in [1.807, 2.05) is 19.4 Å². The van der Waals surface area contributed by atoms with E-state index in [2.05, 4.69) is 21.0 Å². The van der Waals surface area contributed by atoms with E-state index in [0.29, 0.717) is 13.0 Å². The number of hydrogen-bond acceptors (Lipinski definition) is 4. The molecule has 1 fully saturated rings. The van der Waals surface area contributed by atoms with Crippen molar-refractivity contribution in [3.63, 3.8) is 0 Å². The number of aryl methyl sites for hydroxylation is 1. The number of aromatic nitrogens is 2. The number of halogens is 1. The fraction of sp³-hybridized carbons (Fsp3) is 0.389. The van der Waals surface area contributed by atoms with E-state index in [1.165, 1.54) is 0 Å². The van der Waals surface area contributed by atoms with E-state index < -0.39 is 0 Å². The second kappa shape index (κ2) is 8.82. The fourth-order valence-corrected chi connectivity index (χ4v) is 3.06. The van der Waals surface area contributed by atoms with Crippen molar-refractivity contribution < 1.29 is 9.59 Å². The Balaban J connectivity index is 0.00000243. The van der Waals surface area contributed by atoms with Gasteiger partial charge in [-0.3, -0.25) is 14.3 Å². The summed E-state index contributed by atoms with van der Waals surface area (Å²) in [5.41, 5.74) is 2.52. The number of anilines is 2. The van der Waals surface area contributed by atoms with Crippen molar-refractivity contribution in [2.24, 2.45) is 13.0 Å². The van der Waals surface area contributed by atoms with Crippen LogP contribution in [0, 0.1) is 5.92 Å². The van der Waals surface area contributed by atoms with Crippen molar-refractivity contribution in [2.45, 2.75) is 19.3 Å². The van der Waals surface area contributed by atoms with Gasteiger partial charge < -0.3 is 16.0 Å². The molecule has 3 rings (SSSR count). The summed E-state index contributed by atoms with van der Waals surface area (Å²) in [6, 6.07) is 7.17. The molecule has 2 aromatic rings. The van der Waals surface area contributed by atoms with Crippen LogP contribution in [0.1, 0.15) is 24.8 Å². The monoisotopic (exact) mass is 377 g/mol. The second-order valence-electron chi connectivity index (χ2n) is 6.29. The molecule has 2 amide bonds. The van der Waals surface area contributed by atoms with Crippen LogP contribution in [0.15, 0.2) is 36.7 Å². The van der Waals surface area contributed by atoms with Gasteiger partial charge in [0.15, 0.2) is 0 Å². The summed E-state index contributed by atoms with van der Waals surface area (Å²) in [7, 11) is 1.87. The van der Waals surface area contributed by atoms with E-state index >= 15 is 0 Å². The third-order valence-electron chi connectivity index (χ3n) is 4.46. The van der Waals surface area contributed by atoms with Crippen LogP contribution in [-0.4, -0.2) is 34.7 Å². The Labute approximate surface area is 159 Å². The molecular weight excluding hydrogens is 354 g/mol. The Bertz CT molecular complexity index is 759. The molecule has 0 spiro atoms. The molecule has 0 bridgehead atoms. The minimum absolute atomic E-state index is 0. The van der Waals surface area contributed by atoms with Gasteiger partial charge in [-0.1, -0.05) is 6.92 Å². The van der Waals surface area contributed by atoms with E-state index in [1.54, 1.807) is 35.9 Å².